The van der Waals surface area contributed by atoms with Crippen LogP contribution in [0.4, 0.5) is 15.8 Å². The van der Waals surface area contributed by atoms with Gasteiger partial charge in [0, 0.05) is 25.4 Å². The number of rotatable bonds is 3. The first kappa shape index (κ1) is 14.6. The molecule has 0 atom stereocenters. The highest BCUT2D eigenvalue weighted by atomic mass is 19.1. The number of hydrogen-bond donors (Lipinski definition) is 1. The maximum atomic E-state index is 14.1. The van der Waals surface area contributed by atoms with E-state index in [2.05, 4.69) is 0 Å². The SMILES string of the molecule is CCOC(=O)c1cc(N2CCCOCC2)c(F)cc1N. The van der Waals surface area contributed by atoms with Crippen LogP contribution in [0.15, 0.2) is 12.1 Å². The molecule has 5 nitrogen and oxygen atoms in total. The Morgan fingerprint density at radius 1 is 1.45 bits per heavy atom. The van der Waals surface area contributed by atoms with E-state index in [4.69, 9.17) is 15.2 Å². The number of ether oxygens (including phenoxy) is 2. The summed E-state index contributed by atoms with van der Waals surface area (Å²) >= 11 is 0. The van der Waals surface area contributed by atoms with Crippen molar-refractivity contribution in [2.45, 2.75) is 13.3 Å². The van der Waals surface area contributed by atoms with Crippen LogP contribution in [0, 0.1) is 5.82 Å². The summed E-state index contributed by atoms with van der Waals surface area (Å²) < 4.78 is 24.4. The molecule has 0 radical (unpaired) electrons. The molecule has 0 aliphatic carbocycles. The Labute approximate surface area is 117 Å². The third-order valence-corrected chi connectivity index (χ3v) is 3.18. The molecule has 1 aliphatic rings. The zero-order valence-corrected chi connectivity index (χ0v) is 11.5. The summed E-state index contributed by atoms with van der Waals surface area (Å²) in [6.07, 6.45) is 0.818. The largest absolute Gasteiger partial charge is 0.462 e. The van der Waals surface area contributed by atoms with Crippen molar-refractivity contribution in [2.75, 3.05) is 43.5 Å². The van der Waals surface area contributed by atoms with Crippen LogP contribution < -0.4 is 10.6 Å². The van der Waals surface area contributed by atoms with Gasteiger partial charge in [-0.25, -0.2) is 9.18 Å². The minimum Gasteiger partial charge on any atom is -0.462 e. The fraction of sp³-hybridized carbons (Fsp3) is 0.500. The van der Waals surface area contributed by atoms with Gasteiger partial charge in [0.25, 0.3) is 0 Å². The molecule has 6 heteroatoms. The van der Waals surface area contributed by atoms with Gasteiger partial charge in [0.1, 0.15) is 5.82 Å². The Morgan fingerprint density at radius 2 is 2.25 bits per heavy atom. The first-order valence-electron chi connectivity index (χ1n) is 6.72. The number of anilines is 2. The maximum Gasteiger partial charge on any atom is 0.340 e. The van der Waals surface area contributed by atoms with Gasteiger partial charge in [0.05, 0.1) is 24.5 Å². The number of halogens is 1. The van der Waals surface area contributed by atoms with Crippen molar-refractivity contribution in [1.29, 1.82) is 0 Å². The zero-order chi connectivity index (χ0) is 14.5. The summed E-state index contributed by atoms with van der Waals surface area (Å²) in [6.45, 7) is 4.44. The van der Waals surface area contributed by atoms with E-state index in [0.717, 1.165) is 6.42 Å². The Kier molecular flexibility index (Phi) is 4.79. The Hall–Kier alpha value is -1.82. The Balaban J connectivity index is 2.32. The van der Waals surface area contributed by atoms with Crippen molar-refractivity contribution >= 4 is 17.3 Å². The smallest absolute Gasteiger partial charge is 0.340 e. The van der Waals surface area contributed by atoms with E-state index in [1.54, 1.807) is 6.92 Å². The highest BCUT2D eigenvalue weighted by molar-refractivity contribution is 5.96. The second kappa shape index (κ2) is 6.56. The summed E-state index contributed by atoms with van der Waals surface area (Å²) in [5.41, 5.74) is 6.36. The molecule has 1 heterocycles. The molecule has 1 aromatic rings. The average Bonchev–Trinajstić information content (AvgIpc) is 2.68. The van der Waals surface area contributed by atoms with Gasteiger partial charge in [-0.3, -0.25) is 0 Å². The van der Waals surface area contributed by atoms with E-state index in [0.29, 0.717) is 32.0 Å². The molecule has 1 aliphatic heterocycles. The lowest BCUT2D eigenvalue weighted by Gasteiger charge is -2.23. The van der Waals surface area contributed by atoms with Crippen LogP contribution in [0.2, 0.25) is 0 Å². The summed E-state index contributed by atoms with van der Waals surface area (Å²) in [5.74, 6) is -0.963. The molecule has 20 heavy (non-hydrogen) atoms. The van der Waals surface area contributed by atoms with Crippen molar-refractivity contribution < 1.29 is 18.7 Å². The second-order valence-corrected chi connectivity index (χ2v) is 4.56. The molecule has 2 N–H and O–H groups in total. The monoisotopic (exact) mass is 282 g/mol. The summed E-state index contributed by atoms with van der Waals surface area (Å²) in [4.78, 5) is 13.7. The number of nitrogen functional groups attached to an aromatic ring is 1. The van der Waals surface area contributed by atoms with Crippen molar-refractivity contribution in [3.8, 4) is 0 Å². The van der Waals surface area contributed by atoms with E-state index < -0.39 is 11.8 Å². The zero-order valence-electron chi connectivity index (χ0n) is 11.5. The number of carbonyl (C=O) groups is 1. The van der Waals surface area contributed by atoms with Crippen LogP contribution in [0.1, 0.15) is 23.7 Å². The van der Waals surface area contributed by atoms with Gasteiger partial charge < -0.3 is 20.1 Å². The fourth-order valence-electron chi connectivity index (χ4n) is 2.19. The highest BCUT2D eigenvalue weighted by Gasteiger charge is 2.19. The fourth-order valence-corrected chi connectivity index (χ4v) is 2.19. The number of nitrogens with two attached hydrogens (primary N) is 1. The molecule has 110 valence electrons. The summed E-state index contributed by atoms with van der Waals surface area (Å²) in [7, 11) is 0. The lowest BCUT2D eigenvalue weighted by Crippen LogP contribution is -2.27. The Morgan fingerprint density at radius 3 is 3.00 bits per heavy atom. The van der Waals surface area contributed by atoms with Gasteiger partial charge in [-0.15, -0.1) is 0 Å². The van der Waals surface area contributed by atoms with Crippen LogP contribution >= 0.6 is 0 Å². The lowest BCUT2D eigenvalue weighted by molar-refractivity contribution is 0.0527. The van der Waals surface area contributed by atoms with Gasteiger partial charge in [0.2, 0.25) is 0 Å². The average molecular weight is 282 g/mol. The lowest BCUT2D eigenvalue weighted by atomic mass is 10.1. The minimum absolute atomic E-state index is 0.0933. The third kappa shape index (κ3) is 3.19. The Bertz CT molecular complexity index is 486. The number of hydrogen-bond acceptors (Lipinski definition) is 5. The van der Waals surface area contributed by atoms with Crippen molar-refractivity contribution in [1.82, 2.24) is 0 Å². The molecular formula is C14H19FN2O3. The number of benzene rings is 1. The van der Waals surface area contributed by atoms with Crippen LogP contribution in [0.5, 0.6) is 0 Å². The molecule has 1 fully saturated rings. The third-order valence-electron chi connectivity index (χ3n) is 3.18. The summed E-state index contributed by atoms with van der Waals surface area (Å²) in [5, 5.41) is 0. The molecule has 0 saturated carbocycles. The number of esters is 1. The van der Waals surface area contributed by atoms with Crippen LogP contribution in [0.3, 0.4) is 0 Å². The first-order valence-corrected chi connectivity index (χ1v) is 6.72. The molecule has 1 aromatic carbocycles. The van der Waals surface area contributed by atoms with Crippen LogP contribution in [-0.2, 0) is 9.47 Å². The predicted molar refractivity (Wildman–Crippen MR) is 74.4 cm³/mol. The topological polar surface area (TPSA) is 64.8 Å². The van der Waals surface area contributed by atoms with Gasteiger partial charge in [0.15, 0.2) is 0 Å². The van der Waals surface area contributed by atoms with Crippen molar-refractivity contribution in [2.24, 2.45) is 0 Å². The quantitative estimate of drug-likeness (QED) is 0.676. The van der Waals surface area contributed by atoms with E-state index in [1.165, 1.54) is 12.1 Å². The molecule has 0 spiro atoms. The minimum atomic E-state index is -0.530. The summed E-state index contributed by atoms with van der Waals surface area (Å²) in [6, 6.07) is 2.64. The molecule has 0 amide bonds. The van der Waals surface area contributed by atoms with Crippen LogP contribution in [-0.4, -0.2) is 38.9 Å². The van der Waals surface area contributed by atoms with Crippen LogP contribution in [0.25, 0.3) is 0 Å². The predicted octanol–water partition coefficient (Wildman–Crippen LogP) is 1.81. The second-order valence-electron chi connectivity index (χ2n) is 4.56. The van der Waals surface area contributed by atoms with E-state index in [1.807, 2.05) is 4.90 Å². The first-order chi connectivity index (χ1) is 9.63. The van der Waals surface area contributed by atoms with E-state index in [9.17, 15) is 9.18 Å². The van der Waals surface area contributed by atoms with Gasteiger partial charge in [-0.05, 0) is 25.5 Å². The van der Waals surface area contributed by atoms with Crippen molar-refractivity contribution in [3.63, 3.8) is 0 Å². The molecule has 0 aromatic heterocycles. The maximum absolute atomic E-state index is 14.1. The standard InChI is InChI=1S/C14H19FN2O3/c1-2-20-14(18)10-8-13(11(15)9-12(10)16)17-4-3-6-19-7-5-17/h8-9H,2-7,16H2,1H3. The normalized spacial score (nSPS) is 15.8. The number of nitrogens with zero attached hydrogens (tertiary/aromatic N) is 1. The van der Waals surface area contributed by atoms with Gasteiger partial charge in [-0.1, -0.05) is 0 Å². The molecule has 2 rings (SSSR count). The highest BCUT2D eigenvalue weighted by Crippen LogP contribution is 2.27. The van der Waals surface area contributed by atoms with E-state index in [-0.39, 0.29) is 17.9 Å². The molecule has 0 unspecified atom stereocenters. The van der Waals surface area contributed by atoms with Gasteiger partial charge >= 0.3 is 5.97 Å². The molecular weight excluding hydrogens is 263 g/mol. The van der Waals surface area contributed by atoms with E-state index >= 15 is 0 Å². The molecule has 0 bridgehead atoms. The van der Waals surface area contributed by atoms with Gasteiger partial charge in [-0.2, -0.15) is 0 Å². The molecule has 1 saturated heterocycles. The van der Waals surface area contributed by atoms with Crippen molar-refractivity contribution in [3.05, 3.63) is 23.5 Å². The number of carbonyl (C=O) groups excluding carboxylic acids is 1.